The summed E-state index contributed by atoms with van der Waals surface area (Å²) in [5, 5.41) is 14.8. The van der Waals surface area contributed by atoms with E-state index in [9.17, 15) is 28.1 Å². The Morgan fingerprint density at radius 2 is 1.64 bits per heavy atom. The van der Waals surface area contributed by atoms with Crippen LogP contribution >= 0.6 is 11.6 Å². The Hall–Kier alpha value is -4.16. The minimum atomic E-state index is -4.50. The van der Waals surface area contributed by atoms with Crippen molar-refractivity contribution in [2.24, 2.45) is 0 Å². The Kier molecular flexibility index (Phi) is 10.5. The molecule has 1 unspecified atom stereocenters. The lowest BCUT2D eigenvalue weighted by Gasteiger charge is -2.32. The first kappa shape index (κ1) is 32.4. The van der Waals surface area contributed by atoms with E-state index < -0.39 is 39.3 Å². The third-order valence-electron chi connectivity index (χ3n) is 6.47. The highest BCUT2D eigenvalue weighted by Gasteiger charge is 2.33. The topological polar surface area (TPSA) is 139 Å². The zero-order valence-electron chi connectivity index (χ0n) is 23.9. The number of halogens is 1. The lowest BCUT2D eigenvalue weighted by atomic mass is 10.1. The molecule has 0 saturated heterocycles. The van der Waals surface area contributed by atoms with Gasteiger partial charge in [0.1, 0.15) is 18.3 Å². The van der Waals surface area contributed by atoms with Crippen LogP contribution in [0.1, 0.15) is 31.9 Å². The van der Waals surface area contributed by atoms with E-state index in [1.54, 1.807) is 45.0 Å². The second-order valence-electron chi connectivity index (χ2n) is 9.90. The van der Waals surface area contributed by atoms with E-state index in [0.717, 1.165) is 10.4 Å². The lowest BCUT2D eigenvalue weighted by Crippen LogP contribution is -2.52. The maximum atomic E-state index is 14.0. The fourth-order valence-corrected chi connectivity index (χ4v) is 5.69. The number of nitro benzene ring substituents is 1. The average Bonchev–Trinajstić information content (AvgIpc) is 2.94. The van der Waals surface area contributed by atoms with Crippen molar-refractivity contribution in [3.05, 3.63) is 93.0 Å². The number of benzene rings is 3. The molecule has 224 valence electrons. The minimum absolute atomic E-state index is 0.00477. The van der Waals surface area contributed by atoms with Crippen LogP contribution < -0.4 is 14.4 Å². The molecular weight excluding hydrogens is 584 g/mol. The zero-order valence-corrected chi connectivity index (χ0v) is 25.5. The van der Waals surface area contributed by atoms with Crippen LogP contribution in [0.5, 0.6) is 5.75 Å². The lowest BCUT2D eigenvalue weighted by molar-refractivity contribution is -0.385. The average molecular weight is 617 g/mol. The third-order valence-corrected chi connectivity index (χ3v) is 8.49. The predicted octanol–water partition coefficient (Wildman–Crippen LogP) is 4.70. The number of ether oxygens (including phenoxy) is 1. The van der Waals surface area contributed by atoms with Crippen LogP contribution in [0.15, 0.2) is 71.6 Å². The van der Waals surface area contributed by atoms with Gasteiger partial charge in [0.2, 0.25) is 11.8 Å². The van der Waals surface area contributed by atoms with Crippen LogP contribution in [0.4, 0.5) is 11.4 Å². The van der Waals surface area contributed by atoms with Gasteiger partial charge >= 0.3 is 0 Å². The van der Waals surface area contributed by atoms with E-state index in [-0.39, 0.29) is 34.4 Å². The summed E-state index contributed by atoms with van der Waals surface area (Å²) in [5.74, 6) is -0.630. The summed E-state index contributed by atoms with van der Waals surface area (Å²) >= 11 is 6.02. The number of hydrogen-bond donors (Lipinski definition) is 1. The smallest absolute Gasteiger partial charge is 0.273 e. The molecule has 0 spiro atoms. The summed E-state index contributed by atoms with van der Waals surface area (Å²) in [4.78, 5) is 38.7. The van der Waals surface area contributed by atoms with Crippen LogP contribution in [-0.4, -0.2) is 55.8 Å². The Bertz CT molecular complexity index is 1550. The molecule has 0 heterocycles. The SMILES string of the molecule is COc1ccc(N(CC(=O)N(Cc2ccc(Cl)cc2)C(C)C(=O)NC(C)C)S(=O)(=O)c2ccc(C)c([N+](=O)[O-])c2)cc1. The van der Waals surface area contributed by atoms with E-state index >= 15 is 0 Å². The van der Waals surface area contributed by atoms with Gasteiger partial charge in [0, 0.05) is 29.2 Å². The van der Waals surface area contributed by atoms with Crippen molar-refractivity contribution in [1.82, 2.24) is 10.2 Å². The molecule has 0 bridgehead atoms. The van der Waals surface area contributed by atoms with Crippen molar-refractivity contribution in [1.29, 1.82) is 0 Å². The number of anilines is 1. The first-order chi connectivity index (χ1) is 19.7. The van der Waals surface area contributed by atoms with Gasteiger partial charge in [-0.25, -0.2) is 8.42 Å². The van der Waals surface area contributed by atoms with Crippen LogP contribution in [0.25, 0.3) is 0 Å². The number of aryl methyl sites for hydroxylation is 1. The molecule has 3 rings (SSSR count). The first-order valence-corrected chi connectivity index (χ1v) is 14.8. The third kappa shape index (κ3) is 7.77. The fraction of sp³-hybridized carbons (Fsp3) is 0.310. The molecule has 42 heavy (non-hydrogen) atoms. The van der Waals surface area contributed by atoms with Crippen molar-refractivity contribution in [3.8, 4) is 5.75 Å². The fourth-order valence-electron chi connectivity index (χ4n) is 4.13. The van der Waals surface area contributed by atoms with Crippen molar-refractivity contribution >= 4 is 44.8 Å². The maximum Gasteiger partial charge on any atom is 0.273 e. The molecule has 0 aliphatic carbocycles. The van der Waals surface area contributed by atoms with Gasteiger partial charge < -0.3 is 15.0 Å². The number of methoxy groups -OCH3 is 1. The van der Waals surface area contributed by atoms with Gasteiger partial charge in [0.25, 0.3) is 15.7 Å². The normalized spacial score (nSPS) is 12.0. The second-order valence-corrected chi connectivity index (χ2v) is 12.2. The van der Waals surface area contributed by atoms with E-state index in [4.69, 9.17) is 16.3 Å². The molecule has 13 heteroatoms. The van der Waals surface area contributed by atoms with Crippen molar-refractivity contribution < 1.29 is 27.7 Å². The standard InChI is InChI=1S/C29H33ClN4O7S/c1-19(2)31-29(36)21(4)32(17-22-7-9-23(30)10-8-22)28(35)18-33(24-11-13-25(41-5)14-12-24)42(39,40)26-15-6-20(3)27(16-26)34(37)38/h6-16,19,21H,17-18H2,1-5H3,(H,31,36). The zero-order chi connectivity index (χ0) is 31.2. The van der Waals surface area contributed by atoms with Crippen LogP contribution in [0.2, 0.25) is 5.02 Å². The Balaban J connectivity index is 2.09. The van der Waals surface area contributed by atoms with Gasteiger partial charge in [-0.1, -0.05) is 29.8 Å². The van der Waals surface area contributed by atoms with Crippen LogP contribution in [0.3, 0.4) is 0 Å². The summed E-state index contributed by atoms with van der Waals surface area (Å²) in [7, 11) is -3.04. The van der Waals surface area contributed by atoms with Crippen LogP contribution in [0, 0.1) is 17.0 Å². The van der Waals surface area contributed by atoms with Crippen molar-refractivity contribution in [2.45, 2.75) is 51.2 Å². The number of nitrogens with zero attached hydrogens (tertiary/aromatic N) is 3. The number of amides is 2. The molecule has 1 atom stereocenters. The predicted molar refractivity (Wildman–Crippen MR) is 160 cm³/mol. The number of rotatable bonds is 12. The monoisotopic (exact) mass is 616 g/mol. The number of nitro groups is 1. The van der Waals surface area contributed by atoms with E-state index in [2.05, 4.69) is 5.32 Å². The molecule has 2 amide bonds. The molecule has 11 nitrogen and oxygen atoms in total. The Morgan fingerprint density at radius 3 is 2.19 bits per heavy atom. The molecule has 0 saturated carbocycles. The molecule has 1 N–H and O–H groups in total. The molecule has 3 aromatic carbocycles. The highest BCUT2D eigenvalue weighted by molar-refractivity contribution is 7.92. The van der Waals surface area contributed by atoms with Gasteiger partial charge in [-0.15, -0.1) is 0 Å². The summed E-state index contributed by atoms with van der Waals surface area (Å²) in [6.45, 7) is 5.93. The molecule has 3 aromatic rings. The maximum absolute atomic E-state index is 14.0. The summed E-state index contributed by atoms with van der Waals surface area (Å²) in [5.41, 5.74) is 0.702. The molecule has 0 aliphatic rings. The van der Waals surface area contributed by atoms with Gasteiger partial charge in [-0.05, 0) is 75.7 Å². The minimum Gasteiger partial charge on any atom is -0.497 e. The van der Waals surface area contributed by atoms with Crippen molar-refractivity contribution in [3.63, 3.8) is 0 Å². The molecular formula is C29H33ClN4O7S. The highest BCUT2D eigenvalue weighted by atomic mass is 35.5. The number of carbonyl (C=O) groups is 2. The van der Waals surface area contributed by atoms with Crippen molar-refractivity contribution in [2.75, 3.05) is 18.0 Å². The largest absolute Gasteiger partial charge is 0.497 e. The van der Waals surface area contributed by atoms with Gasteiger partial charge in [0.05, 0.1) is 22.6 Å². The van der Waals surface area contributed by atoms with Gasteiger partial charge in [-0.3, -0.25) is 24.0 Å². The molecule has 0 aliphatic heterocycles. The van der Waals surface area contributed by atoms with Gasteiger partial charge in [-0.2, -0.15) is 0 Å². The second kappa shape index (κ2) is 13.7. The van der Waals surface area contributed by atoms with Crippen LogP contribution in [-0.2, 0) is 26.2 Å². The molecule has 0 aromatic heterocycles. The summed E-state index contributed by atoms with van der Waals surface area (Å²) in [6.07, 6.45) is 0. The van der Waals surface area contributed by atoms with E-state index in [0.29, 0.717) is 16.3 Å². The van der Waals surface area contributed by atoms with E-state index in [1.807, 2.05) is 0 Å². The van der Waals surface area contributed by atoms with E-state index in [1.165, 1.54) is 55.3 Å². The van der Waals surface area contributed by atoms with Gasteiger partial charge in [0.15, 0.2) is 0 Å². The molecule has 0 radical (unpaired) electrons. The number of carbonyl (C=O) groups excluding carboxylic acids is 2. The Morgan fingerprint density at radius 1 is 1.02 bits per heavy atom. The summed E-state index contributed by atoms with van der Waals surface area (Å²) in [6, 6.07) is 15.1. The first-order valence-electron chi connectivity index (χ1n) is 13.0. The summed E-state index contributed by atoms with van der Waals surface area (Å²) < 4.78 is 34.0. The Labute approximate surface area is 250 Å². The quantitative estimate of drug-likeness (QED) is 0.230. The number of sulfonamides is 1. The number of hydrogen-bond acceptors (Lipinski definition) is 7. The number of nitrogens with one attached hydrogen (secondary N) is 1. The molecule has 0 fully saturated rings. The highest BCUT2D eigenvalue weighted by Crippen LogP contribution is 2.29.